The van der Waals surface area contributed by atoms with Crippen LogP contribution < -0.4 is 10.7 Å². The molecule has 6 nitrogen and oxygen atoms in total. The SMILES string of the molecule is O=[N+]([O-])c1ccccc1/C=C/C=N\NC(=S)NC1CCCCC1. The molecule has 0 saturated heterocycles. The minimum Gasteiger partial charge on any atom is -0.359 e. The van der Waals surface area contributed by atoms with Gasteiger partial charge in [-0.25, -0.2) is 0 Å². The van der Waals surface area contributed by atoms with E-state index in [0.29, 0.717) is 16.7 Å². The minimum absolute atomic E-state index is 0.0691. The van der Waals surface area contributed by atoms with Crippen molar-refractivity contribution in [1.82, 2.24) is 10.7 Å². The van der Waals surface area contributed by atoms with Crippen molar-refractivity contribution in [2.75, 3.05) is 0 Å². The van der Waals surface area contributed by atoms with Crippen molar-refractivity contribution in [1.29, 1.82) is 0 Å². The Morgan fingerprint density at radius 1 is 1.30 bits per heavy atom. The van der Waals surface area contributed by atoms with E-state index in [0.717, 1.165) is 12.8 Å². The highest BCUT2D eigenvalue weighted by Crippen LogP contribution is 2.18. The molecule has 0 aliphatic heterocycles. The summed E-state index contributed by atoms with van der Waals surface area (Å²) in [5, 5.41) is 18.6. The first-order valence-electron chi connectivity index (χ1n) is 7.66. The number of nitro groups is 1. The van der Waals surface area contributed by atoms with Gasteiger partial charge < -0.3 is 5.32 Å². The van der Waals surface area contributed by atoms with Crippen LogP contribution in [0.4, 0.5) is 5.69 Å². The number of hydrogen-bond donors (Lipinski definition) is 2. The number of benzene rings is 1. The molecule has 0 heterocycles. The largest absolute Gasteiger partial charge is 0.359 e. The number of allylic oxidation sites excluding steroid dienone is 1. The molecule has 0 bridgehead atoms. The lowest BCUT2D eigenvalue weighted by Gasteiger charge is -2.23. The second-order valence-electron chi connectivity index (χ2n) is 5.37. The normalized spacial score (nSPS) is 15.8. The van der Waals surface area contributed by atoms with Crippen LogP contribution in [-0.4, -0.2) is 22.3 Å². The van der Waals surface area contributed by atoms with Gasteiger partial charge in [0.1, 0.15) is 0 Å². The third-order valence-corrected chi connectivity index (χ3v) is 3.89. The Kier molecular flexibility index (Phi) is 6.68. The maximum atomic E-state index is 10.9. The van der Waals surface area contributed by atoms with E-state index in [-0.39, 0.29) is 5.69 Å². The Bertz CT molecular complexity index is 610. The van der Waals surface area contributed by atoms with Gasteiger partial charge in [0.25, 0.3) is 5.69 Å². The van der Waals surface area contributed by atoms with Gasteiger partial charge in [0.2, 0.25) is 0 Å². The second kappa shape index (κ2) is 8.99. The monoisotopic (exact) mass is 332 g/mol. The molecular formula is C16H20N4O2S. The molecule has 0 atom stereocenters. The highest BCUT2D eigenvalue weighted by molar-refractivity contribution is 7.80. The van der Waals surface area contributed by atoms with Gasteiger partial charge >= 0.3 is 0 Å². The first kappa shape index (κ1) is 17.1. The van der Waals surface area contributed by atoms with Crippen LogP contribution in [-0.2, 0) is 0 Å². The van der Waals surface area contributed by atoms with Gasteiger partial charge in [-0.2, -0.15) is 5.10 Å². The van der Waals surface area contributed by atoms with E-state index in [1.54, 1.807) is 30.4 Å². The van der Waals surface area contributed by atoms with E-state index in [1.165, 1.54) is 31.5 Å². The molecule has 0 spiro atoms. The lowest BCUT2D eigenvalue weighted by molar-refractivity contribution is -0.385. The van der Waals surface area contributed by atoms with Crippen molar-refractivity contribution in [3.05, 3.63) is 46.0 Å². The Hall–Kier alpha value is -2.28. The van der Waals surface area contributed by atoms with E-state index < -0.39 is 4.92 Å². The van der Waals surface area contributed by atoms with Crippen molar-refractivity contribution in [3.63, 3.8) is 0 Å². The van der Waals surface area contributed by atoms with Crippen LogP contribution >= 0.6 is 12.2 Å². The summed E-state index contributed by atoms with van der Waals surface area (Å²) in [6.07, 6.45) is 10.9. The molecule has 1 aliphatic carbocycles. The van der Waals surface area contributed by atoms with E-state index in [1.807, 2.05) is 0 Å². The molecule has 1 aliphatic rings. The lowest BCUT2D eigenvalue weighted by Crippen LogP contribution is -2.40. The van der Waals surface area contributed by atoms with Gasteiger partial charge in [0, 0.05) is 18.3 Å². The molecule has 7 heteroatoms. The predicted molar refractivity (Wildman–Crippen MR) is 96.4 cm³/mol. The number of nitrogens with one attached hydrogen (secondary N) is 2. The maximum absolute atomic E-state index is 10.9. The summed E-state index contributed by atoms with van der Waals surface area (Å²) in [6.45, 7) is 0. The van der Waals surface area contributed by atoms with Gasteiger partial charge in [-0.3, -0.25) is 15.5 Å². The summed E-state index contributed by atoms with van der Waals surface area (Å²) in [4.78, 5) is 10.5. The summed E-state index contributed by atoms with van der Waals surface area (Å²) >= 11 is 5.18. The van der Waals surface area contributed by atoms with E-state index >= 15 is 0 Å². The molecule has 1 aromatic carbocycles. The maximum Gasteiger partial charge on any atom is 0.276 e. The summed E-state index contributed by atoms with van der Waals surface area (Å²) < 4.78 is 0. The average Bonchev–Trinajstić information content (AvgIpc) is 2.55. The van der Waals surface area contributed by atoms with Crippen LogP contribution in [0, 0.1) is 10.1 Å². The summed E-state index contributed by atoms with van der Waals surface area (Å²) in [5.74, 6) is 0. The molecule has 0 aromatic heterocycles. The Balaban J connectivity index is 1.80. The standard InChI is InChI=1S/C16H20N4O2S/c21-20(22)15-11-5-4-7-13(15)8-6-12-17-19-16(23)18-14-9-2-1-3-10-14/h4-8,11-12,14H,1-3,9-10H2,(H2,18,19,23)/b8-6+,17-12-. The highest BCUT2D eigenvalue weighted by atomic mass is 32.1. The number of para-hydroxylation sites is 1. The zero-order valence-corrected chi connectivity index (χ0v) is 13.6. The molecule has 0 unspecified atom stereocenters. The fourth-order valence-corrected chi connectivity index (χ4v) is 2.76. The van der Waals surface area contributed by atoms with Gasteiger partial charge in [-0.1, -0.05) is 31.4 Å². The fourth-order valence-electron chi connectivity index (χ4n) is 2.54. The zero-order valence-electron chi connectivity index (χ0n) is 12.8. The summed E-state index contributed by atoms with van der Waals surface area (Å²) in [7, 11) is 0. The Morgan fingerprint density at radius 2 is 2.04 bits per heavy atom. The van der Waals surface area contributed by atoms with Crippen LogP contribution in [0.1, 0.15) is 37.7 Å². The van der Waals surface area contributed by atoms with Crippen LogP contribution in [0.2, 0.25) is 0 Å². The van der Waals surface area contributed by atoms with Gasteiger partial charge in [-0.15, -0.1) is 0 Å². The van der Waals surface area contributed by atoms with Crippen LogP contribution in [0.25, 0.3) is 6.08 Å². The van der Waals surface area contributed by atoms with Crippen molar-refractivity contribution in [3.8, 4) is 0 Å². The molecule has 1 fully saturated rings. The Labute approximate surface area is 140 Å². The molecule has 2 N–H and O–H groups in total. The quantitative estimate of drug-likeness (QED) is 0.374. The van der Waals surface area contributed by atoms with Gasteiger partial charge in [0.15, 0.2) is 5.11 Å². The Morgan fingerprint density at radius 3 is 2.78 bits per heavy atom. The smallest absolute Gasteiger partial charge is 0.276 e. The molecule has 122 valence electrons. The number of nitro benzene ring substituents is 1. The second-order valence-corrected chi connectivity index (χ2v) is 5.78. The number of nitrogens with zero attached hydrogens (tertiary/aromatic N) is 2. The third-order valence-electron chi connectivity index (χ3n) is 3.68. The summed E-state index contributed by atoms with van der Waals surface area (Å²) in [5.41, 5.74) is 3.36. The molecule has 0 amide bonds. The topological polar surface area (TPSA) is 79.6 Å². The van der Waals surface area contributed by atoms with Gasteiger partial charge in [-0.05, 0) is 43.3 Å². The van der Waals surface area contributed by atoms with Crippen LogP contribution in [0.3, 0.4) is 0 Å². The molecule has 1 aromatic rings. The molecule has 1 saturated carbocycles. The molecule has 23 heavy (non-hydrogen) atoms. The average molecular weight is 332 g/mol. The number of hydrazone groups is 1. The van der Waals surface area contributed by atoms with E-state index in [2.05, 4.69) is 15.8 Å². The summed E-state index contributed by atoms with van der Waals surface area (Å²) in [6, 6.07) is 6.98. The highest BCUT2D eigenvalue weighted by Gasteiger charge is 2.13. The van der Waals surface area contributed by atoms with E-state index in [4.69, 9.17) is 12.2 Å². The first-order chi connectivity index (χ1) is 11.2. The fraction of sp³-hybridized carbons (Fsp3) is 0.375. The number of thiocarbonyl (C=S) groups is 1. The lowest BCUT2D eigenvalue weighted by atomic mass is 9.96. The van der Waals surface area contributed by atoms with Crippen LogP contribution in [0.5, 0.6) is 0 Å². The van der Waals surface area contributed by atoms with Crippen molar-refractivity contribution in [2.24, 2.45) is 5.10 Å². The first-order valence-corrected chi connectivity index (χ1v) is 8.07. The van der Waals surface area contributed by atoms with Crippen molar-refractivity contribution in [2.45, 2.75) is 38.1 Å². The van der Waals surface area contributed by atoms with Crippen LogP contribution in [0.15, 0.2) is 35.4 Å². The molecule has 2 rings (SSSR count). The third kappa shape index (κ3) is 5.78. The van der Waals surface area contributed by atoms with Crippen molar-refractivity contribution >= 4 is 35.3 Å². The predicted octanol–water partition coefficient (Wildman–Crippen LogP) is 3.39. The van der Waals surface area contributed by atoms with E-state index in [9.17, 15) is 10.1 Å². The minimum atomic E-state index is -0.404. The molecule has 0 radical (unpaired) electrons. The number of hydrogen-bond acceptors (Lipinski definition) is 4. The number of rotatable bonds is 5. The van der Waals surface area contributed by atoms with Gasteiger partial charge in [0.05, 0.1) is 10.5 Å². The zero-order chi connectivity index (χ0) is 16.5. The van der Waals surface area contributed by atoms with Crippen molar-refractivity contribution < 1.29 is 4.92 Å². The molecular weight excluding hydrogens is 312 g/mol.